The van der Waals surface area contributed by atoms with Crippen LogP contribution in [0.15, 0.2) is 34.5 Å². The summed E-state index contributed by atoms with van der Waals surface area (Å²) in [7, 11) is 2.52. The number of nitrogen functional groups attached to an aromatic ring is 1. The standard InChI is InChI=1S/C16H16N2O5S2/c1-22-10(19)8-24-16-12(11(17)13(25-16)15(21)23-2)18-14(20)9-6-4-3-5-7-9/h3-7H,8,17H2,1-2H3,(H,18,20). The molecule has 0 bridgehead atoms. The maximum Gasteiger partial charge on any atom is 0.350 e. The number of anilines is 2. The number of ether oxygens (including phenoxy) is 2. The summed E-state index contributed by atoms with van der Waals surface area (Å²) >= 11 is 2.17. The minimum atomic E-state index is -0.609. The van der Waals surface area contributed by atoms with Crippen molar-refractivity contribution in [2.24, 2.45) is 0 Å². The Morgan fingerprint density at radius 3 is 2.44 bits per heavy atom. The minimum absolute atomic E-state index is 0.0191. The number of nitrogens with one attached hydrogen (secondary N) is 1. The van der Waals surface area contributed by atoms with E-state index < -0.39 is 11.9 Å². The van der Waals surface area contributed by atoms with Gasteiger partial charge in [-0.15, -0.1) is 23.1 Å². The van der Waals surface area contributed by atoms with Crippen LogP contribution in [-0.4, -0.2) is 37.8 Å². The van der Waals surface area contributed by atoms with Crippen molar-refractivity contribution in [1.82, 2.24) is 0 Å². The maximum absolute atomic E-state index is 12.4. The highest BCUT2D eigenvalue weighted by Gasteiger charge is 2.24. The molecule has 0 atom stereocenters. The molecule has 132 valence electrons. The van der Waals surface area contributed by atoms with E-state index in [0.717, 1.165) is 23.1 Å². The van der Waals surface area contributed by atoms with Gasteiger partial charge in [0, 0.05) is 5.56 Å². The molecular formula is C16H16N2O5S2. The fraction of sp³-hybridized carbons (Fsp3) is 0.188. The van der Waals surface area contributed by atoms with Gasteiger partial charge in [0.25, 0.3) is 5.91 Å². The number of amides is 1. The van der Waals surface area contributed by atoms with Crippen molar-refractivity contribution in [3.8, 4) is 0 Å². The zero-order chi connectivity index (χ0) is 18.4. The highest BCUT2D eigenvalue weighted by atomic mass is 32.2. The summed E-state index contributed by atoms with van der Waals surface area (Å²) in [6, 6.07) is 8.57. The number of nitrogens with two attached hydrogens (primary N) is 1. The van der Waals surface area contributed by atoms with Gasteiger partial charge in [0.05, 0.1) is 35.6 Å². The Bertz CT molecular complexity index is 789. The number of carbonyl (C=O) groups excluding carboxylic acids is 3. The smallest absolute Gasteiger partial charge is 0.350 e. The van der Waals surface area contributed by atoms with Crippen LogP contribution in [0.2, 0.25) is 0 Å². The molecule has 0 fully saturated rings. The third kappa shape index (κ3) is 4.52. The first-order valence-electron chi connectivity index (χ1n) is 7.04. The summed E-state index contributed by atoms with van der Waals surface area (Å²) in [6.07, 6.45) is 0. The summed E-state index contributed by atoms with van der Waals surface area (Å²) in [5, 5.41) is 2.70. The number of hydrogen-bond acceptors (Lipinski definition) is 8. The van der Waals surface area contributed by atoms with Crippen molar-refractivity contribution < 1.29 is 23.9 Å². The summed E-state index contributed by atoms with van der Waals surface area (Å²) in [4.78, 5) is 35.8. The molecule has 1 amide bonds. The normalized spacial score (nSPS) is 10.2. The van der Waals surface area contributed by atoms with Crippen molar-refractivity contribution >= 4 is 52.3 Å². The van der Waals surface area contributed by atoms with Gasteiger partial charge in [-0.05, 0) is 12.1 Å². The summed E-state index contributed by atoms with van der Waals surface area (Å²) < 4.78 is 9.82. The van der Waals surface area contributed by atoms with Gasteiger partial charge in [0.1, 0.15) is 4.88 Å². The van der Waals surface area contributed by atoms with E-state index in [-0.39, 0.29) is 27.9 Å². The van der Waals surface area contributed by atoms with E-state index >= 15 is 0 Å². The molecule has 0 spiro atoms. The van der Waals surface area contributed by atoms with Gasteiger partial charge in [0.2, 0.25) is 0 Å². The van der Waals surface area contributed by atoms with E-state index in [4.69, 9.17) is 10.5 Å². The topological polar surface area (TPSA) is 108 Å². The first-order chi connectivity index (χ1) is 12.0. The molecule has 1 aromatic carbocycles. The van der Waals surface area contributed by atoms with Crippen molar-refractivity contribution in [2.75, 3.05) is 31.0 Å². The van der Waals surface area contributed by atoms with Crippen LogP contribution in [0.4, 0.5) is 11.4 Å². The van der Waals surface area contributed by atoms with Crippen LogP contribution in [0.5, 0.6) is 0 Å². The van der Waals surface area contributed by atoms with Gasteiger partial charge in [0.15, 0.2) is 0 Å². The monoisotopic (exact) mass is 380 g/mol. The maximum atomic E-state index is 12.4. The van der Waals surface area contributed by atoms with Gasteiger partial charge in [-0.1, -0.05) is 18.2 Å². The largest absolute Gasteiger partial charge is 0.468 e. The fourth-order valence-electron chi connectivity index (χ4n) is 1.85. The molecule has 1 heterocycles. The zero-order valence-electron chi connectivity index (χ0n) is 13.5. The summed E-state index contributed by atoms with van der Waals surface area (Å²) in [5.41, 5.74) is 6.84. The van der Waals surface area contributed by atoms with E-state index in [2.05, 4.69) is 10.1 Å². The molecule has 0 unspecified atom stereocenters. The third-order valence-electron chi connectivity index (χ3n) is 3.11. The Labute approximate surface area is 152 Å². The van der Waals surface area contributed by atoms with Gasteiger partial charge in [-0.2, -0.15) is 0 Å². The average Bonchev–Trinajstić information content (AvgIpc) is 2.95. The predicted octanol–water partition coefficient (Wildman–Crippen LogP) is 2.63. The second-order valence-electron chi connectivity index (χ2n) is 4.68. The molecule has 25 heavy (non-hydrogen) atoms. The molecule has 0 aliphatic rings. The van der Waals surface area contributed by atoms with E-state index in [0.29, 0.717) is 9.77 Å². The quantitative estimate of drug-likeness (QED) is 0.586. The molecule has 0 radical (unpaired) electrons. The number of benzene rings is 1. The van der Waals surface area contributed by atoms with Crippen molar-refractivity contribution in [3.63, 3.8) is 0 Å². The van der Waals surface area contributed by atoms with Crippen LogP contribution in [0, 0.1) is 0 Å². The Morgan fingerprint density at radius 1 is 1.16 bits per heavy atom. The van der Waals surface area contributed by atoms with Gasteiger partial charge >= 0.3 is 11.9 Å². The Kier molecular flexibility index (Phi) is 6.43. The summed E-state index contributed by atoms with van der Waals surface area (Å²) in [6.45, 7) is 0. The predicted molar refractivity (Wildman–Crippen MR) is 97.2 cm³/mol. The highest BCUT2D eigenvalue weighted by molar-refractivity contribution is 8.02. The van der Waals surface area contributed by atoms with Crippen molar-refractivity contribution in [1.29, 1.82) is 0 Å². The van der Waals surface area contributed by atoms with Crippen LogP contribution < -0.4 is 11.1 Å². The Morgan fingerprint density at radius 2 is 1.84 bits per heavy atom. The molecule has 3 N–H and O–H groups in total. The highest BCUT2D eigenvalue weighted by Crippen LogP contribution is 2.43. The number of thiophene rings is 1. The molecule has 0 aliphatic carbocycles. The van der Waals surface area contributed by atoms with E-state index in [1.54, 1.807) is 30.3 Å². The molecule has 7 nitrogen and oxygen atoms in total. The number of thioether (sulfide) groups is 1. The molecule has 2 rings (SSSR count). The first-order valence-corrected chi connectivity index (χ1v) is 8.84. The Hall–Kier alpha value is -2.52. The SMILES string of the molecule is COC(=O)CSc1sc(C(=O)OC)c(N)c1NC(=O)c1ccccc1. The van der Waals surface area contributed by atoms with Crippen molar-refractivity contribution in [2.45, 2.75) is 4.21 Å². The number of esters is 2. The van der Waals surface area contributed by atoms with E-state index in [1.165, 1.54) is 14.2 Å². The van der Waals surface area contributed by atoms with Crippen LogP contribution in [0.3, 0.4) is 0 Å². The van der Waals surface area contributed by atoms with Crippen LogP contribution >= 0.6 is 23.1 Å². The molecule has 0 saturated carbocycles. The Balaban J connectivity index is 2.32. The third-order valence-corrected chi connectivity index (χ3v) is 5.54. The average molecular weight is 380 g/mol. The van der Waals surface area contributed by atoms with E-state index in [9.17, 15) is 14.4 Å². The number of carbonyl (C=O) groups is 3. The molecule has 0 saturated heterocycles. The van der Waals surface area contributed by atoms with Gasteiger partial charge in [-0.3, -0.25) is 9.59 Å². The second-order valence-corrected chi connectivity index (χ2v) is 6.95. The van der Waals surface area contributed by atoms with E-state index in [1.807, 2.05) is 0 Å². The van der Waals surface area contributed by atoms with Gasteiger partial charge in [-0.25, -0.2) is 4.79 Å². The van der Waals surface area contributed by atoms with Crippen LogP contribution in [0.1, 0.15) is 20.0 Å². The van der Waals surface area contributed by atoms with Gasteiger partial charge < -0.3 is 20.5 Å². The molecule has 0 aliphatic heterocycles. The lowest BCUT2D eigenvalue weighted by molar-refractivity contribution is -0.137. The second kappa shape index (κ2) is 8.54. The lowest BCUT2D eigenvalue weighted by Gasteiger charge is -2.07. The lowest BCUT2D eigenvalue weighted by atomic mass is 10.2. The summed E-state index contributed by atoms with van der Waals surface area (Å²) in [5.74, 6) is -1.40. The molecule has 2 aromatic rings. The number of methoxy groups -OCH3 is 2. The molecule has 1 aromatic heterocycles. The zero-order valence-corrected chi connectivity index (χ0v) is 15.2. The molecule has 9 heteroatoms. The first kappa shape index (κ1) is 18.8. The van der Waals surface area contributed by atoms with Crippen molar-refractivity contribution in [3.05, 3.63) is 40.8 Å². The fourth-order valence-corrected chi connectivity index (χ4v) is 4.01. The lowest BCUT2D eigenvalue weighted by Crippen LogP contribution is -2.13. The number of rotatable bonds is 6. The van der Waals surface area contributed by atoms with Crippen LogP contribution in [-0.2, 0) is 14.3 Å². The van der Waals surface area contributed by atoms with Crippen LogP contribution in [0.25, 0.3) is 0 Å². The number of hydrogen-bond donors (Lipinski definition) is 2. The molecular weight excluding hydrogens is 364 g/mol. The minimum Gasteiger partial charge on any atom is -0.468 e.